The van der Waals surface area contributed by atoms with Crippen LogP contribution in [0.5, 0.6) is 0 Å². The fraction of sp³-hybridized carbons (Fsp3) is 1.00. The monoisotopic (exact) mass is 216 g/mol. The molecule has 4 nitrogen and oxygen atoms in total. The van der Waals surface area contributed by atoms with E-state index in [4.69, 9.17) is 10.5 Å². The first-order chi connectivity index (χ1) is 7.16. The molecular weight excluding hydrogens is 192 g/mol. The summed E-state index contributed by atoms with van der Waals surface area (Å²) in [5.74, 6) is 0.395. The van der Waals surface area contributed by atoms with E-state index in [1.807, 2.05) is 0 Å². The number of aliphatic hydroxyl groups is 1. The minimum atomic E-state index is 0.0353. The van der Waals surface area contributed by atoms with E-state index >= 15 is 0 Å². The molecule has 0 aromatic heterocycles. The predicted molar refractivity (Wildman–Crippen MR) is 60.7 cm³/mol. The average Bonchev–Trinajstić information content (AvgIpc) is 2.47. The van der Waals surface area contributed by atoms with Crippen molar-refractivity contribution in [2.45, 2.75) is 32.4 Å². The molecular formula is C11H24N2O2. The maximum Gasteiger partial charge on any atom is 0.0602 e. The highest BCUT2D eigenvalue weighted by Crippen LogP contribution is 2.12. The molecule has 0 aromatic carbocycles. The van der Waals surface area contributed by atoms with Gasteiger partial charge in [-0.05, 0) is 12.3 Å². The largest absolute Gasteiger partial charge is 0.395 e. The molecule has 1 saturated heterocycles. The van der Waals surface area contributed by atoms with Crippen LogP contribution in [0.1, 0.15) is 20.3 Å². The van der Waals surface area contributed by atoms with Gasteiger partial charge in [0.05, 0.1) is 13.2 Å². The highest BCUT2D eigenvalue weighted by atomic mass is 16.5. The van der Waals surface area contributed by atoms with E-state index < -0.39 is 0 Å². The van der Waals surface area contributed by atoms with Gasteiger partial charge in [0.15, 0.2) is 0 Å². The number of hydrogen-bond acceptors (Lipinski definition) is 4. The molecule has 1 fully saturated rings. The second kappa shape index (κ2) is 6.43. The van der Waals surface area contributed by atoms with Gasteiger partial charge in [-0.15, -0.1) is 0 Å². The zero-order chi connectivity index (χ0) is 11.3. The Morgan fingerprint density at radius 3 is 2.67 bits per heavy atom. The molecule has 1 heterocycles. The number of nitrogens with two attached hydrogens (primary N) is 1. The van der Waals surface area contributed by atoms with E-state index in [2.05, 4.69) is 18.7 Å². The summed E-state index contributed by atoms with van der Waals surface area (Å²) in [5.41, 5.74) is 6.11. The zero-order valence-corrected chi connectivity index (χ0v) is 9.85. The van der Waals surface area contributed by atoms with Crippen LogP contribution in [-0.2, 0) is 4.74 Å². The van der Waals surface area contributed by atoms with Gasteiger partial charge in [-0.25, -0.2) is 0 Å². The molecule has 0 amide bonds. The van der Waals surface area contributed by atoms with Crippen LogP contribution in [-0.4, -0.2) is 55.0 Å². The Hall–Kier alpha value is -0.160. The summed E-state index contributed by atoms with van der Waals surface area (Å²) < 4.78 is 5.40. The van der Waals surface area contributed by atoms with Crippen molar-refractivity contribution in [1.29, 1.82) is 0 Å². The normalized spacial score (nSPS) is 23.8. The number of nitrogens with zero attached hydrogens (tertiary/aromatic N) is 1. The van der Waals surface area contributed by atoms with Gasteiger partial charge in [0.2, 0.25) is 0 Å². The SMILES string of the molecule is CC(C)C(N)C(CO)N1CCCOCC1. The second-order valence-corrected chi connectivity index (χ2v) is 4.57. The van der Waals surface area contributed by atoms with E-state index in [9.17, 15) is 5.11 Å². The van der Waals surface area contributed by atoms with Crippen LogP contribution in [0.15, 0.2) is 0 Å². The van der Waals surface area contributed by atoms with Crippen molar-refractivity contribution < 1.29 is 9.84 Å². The van der Waals surface area contributed by atoms with E-state index in [1.54, 1.807) is 0 Å². The molecule has 2 unspecified atom stereocenters. The highest BCUT2D eigenvalue weighted by molar-refractivity contribution is 4.84. The lowest BCUT2D eigenvalue weighted by Gasteiger charge is -2.34. The minimum Gasteiger partial charge on any atom is -0.395 e. The molecule has 4 heteroatoms. The van der Waals surface area contributed by atoms with Crippen molar-refractivity contribution in [1.82, 2.24) is 4.90 Å². The standard InChI is InChI=1S/C11H24N2O2/c1-9(2)11(12)10(8-14)13-4-3-6-15-7-5-13/h9-11,14H,3-8,12H2,1-2H3. The molecule has 1 aliphatic rings. The Bertz CT molecular complexity index is 168. The molecule has 0 bridgehead atoms. The van der Waals surface area contributed by atoms with E-state index in [1.165, 1.54) is 0 Å². The van der Waals surface area contributed by atoms with Gasteiger partial charge < -0.3 is 15.6 Å². The van der Waals surface area contributed by atoms with Gasteiger partial charge in [0.25, 0.3) is 0 Å². The first kappa shape index (κ1) is 12.9. The summed E-state index contributed by atoms with van der Waals surface area (Å²) in [4.78, 5) is 2.26. The smallest absolute Gasteiger partial charge is 0.0602 e. The average molecular weight is 216 g/mol. The minimum absolute atomic E-state index is 0.0353. The first-order valence-electron chi connectivity index (χ1n) is 5.85. The van der Waals surface area contributed by atoms with Crippen molar-refractivity contribution in [3.8, 4) is 0 Å². The van der Waals surface area contributed by atoms with Gasteiger partial charge >= 0.3 is 0 Å². The zero-order valence-electron chi connectivity index (χ0n) is 9.85. The Morgan fingerprint density at radius 2 is 2.07 bits per heavy atom. The third-order valence-electron chi connectivity index (χ3n) is 3.13. The molecule has 0 radical (unpaired) electrons. The van der Waals surface area contributed by atoms with Crippen LogP contribution in [0.3, 0.4) is 0 Å². The van der Waals surface area contributed by atoms with Crippen LogP contribution in [0.25, 0.3) is 0 Å². The van der Waals surface area contributed by atoms with Crippen LogP contribution >= 0.6 is 0 Å². The van der Waals surface area contributed by atoms with E-state index in [0.29, 0.717) is 5.92 Å². The van der Waals surface area contributed by atoms with E-state index in [-0.39, 0.29) is 18.7 Å². The molecule has 0 aromatic rings. The van der Waals surface area contributed by atoms with Gasteiger partial charge in [-0.3, -0.25) is 4.90 Å². The van der Waals surface area contributed by atoms with Gasteiger partial charge in [-0.1, -0.05) is 13.8 Å². The number of ether oxygens (including phenoxy) is 1. The number of hydrogen-bond donors (Lipinski definition) is 2. The third-order valence-corrected chi connectivity index (χ3v) is 3.13. The third kappa shape index (κ3) is 3.72. The van der Waals surface area contributed by atoms with Crippen molar-refractivity contribution >= 4 is 0 Å². The van der Waals surface area contributed by atoms with Crippen LogP contribution in [0.2, 0.25) is 0 Å². The summed E-state index contributed by atoms with van der Waals surface area (Å²) in [6.07, 6.45) is 1.03. The summed E-state index contributed by atoms with van der Waals surface area (Å²) in [5, 5.41) is 9.43. The highest BCUT2D eigenvalue weighted by Gasteiger charge is 2.26. The topological polar surface area (TPSA) is 58.7 Å². The predicted octanol–water partition coefficient (Wildman–Crippen LogP) is 0.0529. The Balaban J connectivity index is 2.54. The molecule has 1 aliphatic heterocycles. The molecule has 15 heavy (non-hydrogen) atoms. The molecule has 0 saturated carbocycles. The maximum absolute atomic E-state index is 9.43. The molecule has 0 spiro atoms. The van der Waals surface area contributed by atoms with Gasteiger partial charge in [-0.2, -0.15) is 0 Å². The molecule has 90 valence electrons. The summed E-state index contributed by atoms with van der Waals surface area (Å²) in [6, 6.07) is 0.111. The van der Waals surface area contributed by atoms with Crippen molar-refractivity contribution in [3.63, 3.8) is 0 Å². The lowest BCUT2D eigenvalue weighted by atomic mass is 9.96. The lowest BCUT2D eigenvalue weighted by Crippen LogP contribution is -2.53. The number of rotatable bonds is 4. The Labute approximate surface area is 92.4 Å². The Kier molecular flexibility index (Phi) is 5.53. The quantitative estimate of drug-likeness (QED) is 0.697. The maximum atomic E-state index is 9.43. The van der Waals surface area contributed by atoms with Crippen molar-refractivity contribution in [2.24, 2.45) is 11.7 Å². The molecule has 1 rings (SSSR count). The summed E-state index contributed by atoms with van der Waals surface area (Å²) in [7, 11) is 0. The molecule has 2 atom stereocenters. The van der Waals surface area contributed by atoms with E-state index in [0.717, 1.165) is 32.7 Å². The fourth-order valence-corrected chi connectivity index (χ4v) is 2.02. The van der Waals surface area contributed by atoms with Crippen molar-refractivity contribution in [3.05, 3.63) is 0 Å². The van der Waals surface area contributed by atoms with Crippen LogP contribution in [0, 0.1) is 5.92 Å². The van der Waals surface area contributed by atoms with Crippen LogP contribution in [0.4, 0.5) is 0 Å². The summed E-state index contributed by atoms with van der Waals surface area (Å²) >= 11 is 0. The lowest BCUT2D eigenvalue weighted by molar-refractivity contribution is 0.0832. The molecule has 0 aliphatic carbocycles. The van der Waals surface area contributed by atoms with Crippen LogP contribution < -0.4 is 5.73 Å². The first-order valence-corrected chi connectivity index (χ1v) is 5.85. The number of aliphatic hydroxyl groups excluding tert-OH is 1. The van der Waals surface area contributed by atoms with Gasteiger partial charge in [0, 0.05) is 31.8 Å². The Morgan fingerprint density at radius 1 is 1.33 bits per heavy atom. The van der Waals surface area contributed by atoms with Crippen molar-refractivity contribution in [2.75, 3.05) is 32.9 Å². The fourth-order valence-electron chi connectivity index (χ4n) is 2.02. The summed E-state index contributed by atoms with van der Waals surface area (Å²) in [6.45, 7) is 7.77. The van der Waals surface area contributed by atoms with Gasteiger partial charge in [0.1, 0.15) is 0 Å². The second-order valence-electron chi connectivity index (χ2n) is 4.57. The molecule has 3 N–H and O–H groups in total.